The fourth-order valence-electron chi connectivity index (χ4n) is 2.04. The van der Waals surface area contributed by atoms with Crippen molar-refractivity contribution in [2.45, 2.75) is 5.28 Å². The molecular formula is C10H13N2O5P. The van der Waals surface area contributed by atoms with Gasteiger partial charge in [0.15, 0.2) is 0 Å². The Morgan fingerprint density at radius 2 is 1.94 bits per heavy atom. The molecule has 1 aliphatic rings. The van der Waals surface area contributed by atoms with Crippen LogP contribution in [0.5, 0.6) is 0 Å². The van der Waals surface area contributed by atoms with Gasteiger partial charge in [-0.25, -0.2) is 0 Å². The molecule has 98 valence electrons. The maximum Gasteiger partial charge on any atom is 0.366 e. The van der Waals surface area contributed by atoms with Gasteiger partial charge in [-0.15, -0.1) is 0 Å². The molecule has 1 amide bonds. The fourth-order valence-corrected chi connectivity index (χ4v) is 3.65. The first kappa shape index (κ1) is 13.2. The summed E-state index contributed by atoms with van der Waals surface area (Å²) in [5.74, 6) is -0.696. The Bertz CT molecular complexity index is 527. The van der Waals surface area contributed by atoms with Crippen molar-refractivity contribution >= 4 is 19.2 Å². The van der Waals surface area contributed by atoms with Crippen LogP contribution in [0, 0.1) is 0 Å². The number of nitrogens with one attached hydrogen (secondary N) is 2. The maximum atomic E-state index is 12.6. The second-order valence-corrected chi connectivity index (χ2v) is 6.08. The number of carbonyl (C=O) groups excluding carboxylic acids is 1. The van der Waals surface area contributed by atoms with Gasteiger partial charge in [0.25, 0.3) is 5.91 Å². The molecule has 0 bridgehead atoms. The lowest BCUT2D eigenvalue weighted by molar-refractivity contribution is -0.123. The fraction of sp³-hybridized carbons (Fsp3) is 0.300. The number of hydrogen-bond donors (Lipinski definition) is 3. The predicted octanol–water partition coefficient (Wildman–Crippen LogP) is 1.26. The molecule has 1 aliphatic heterocycles. The first-order chi connectivity index (χ1) is 8.55. The van der Waals surface area contributed by atoms with Crippen molar-refractivity contribution in [3.8, 4) is 0 Å². The van der Waals surface area contributed by atoms with Crippen LogP contribution >= 0.6 is 7.60 Å². The van der Waals surface area contributed by atoms with E-state index < -0.39 is 18.8 Å². The van der Waals surface area contributed by atoms with Crippen LogP contribution in [0.2, 0.25) is 0 Å². The Balaban J connectivity index is 2.71. The summed E-state index contributed by atoms with van der Waals surface area (Å²) in [5.41, 5.74) is 2.55. The summed E-state index contributed by atoms with van der Waals surface area (Å²) in [4.78, 5) is 12.1. The normalized spacial score (nSPS) is 22.7. The topological polar surface area (TPSA) is 96.9 Å². The third-order valence-electron chi connectivity index (χ3n) is 2.95. The maximum absolute atomic E-state index is 12.6. The molecule has 0 radical (unpaired) electrons. The standard InChI is InChI=1S/C10H13N2O5P/c1-16-18(15,17-2)10(12-14)7-5-3-4-6-8(7)11-9(10)13/h3-6,12,14H,1-2H3,(H,11,13). The number of amides is 1. The number of hydroxylamine groups is 1. The van der Waals surface area contributed by atoms with E-state index in [1.54, 1.807) is 29.7 Å². The minimum absolute atomic E-state index is 0.310. The van der Waals surface area contributed by atoms with Crippen molar-refractivity contribution in [1.82, 2.24) is 5.48 Å². The van der Waals surface area contributed by atoms with Crippen molar-refractivity contribution in [1.29, 1.82) is 0 Å². The molecule has 0 saturated carbocycles. The van der Waals surface area contributed by atoms with E-state index >= 15 is 0 Å². The van der Waals surface area contributed by atoms with Gasteiger partial charge in [0.2, 0.25) is 5.28 Å². The minimum Gasteiger partial charge on any atom is -0.323 e. The zero-order valence-electron chi connectivity index (χ0n) is 9.84. The van der Waals surface area contributed by atoms with Gasteiger partial charge in [-0.1, -0.05) is 18.2 Å². The summed E-state index contributed by atoms with van der Waals surface area (Å²) in [6.45, 7) is 0. The molecule has 3 N–H and O–H groups in total. The van der Waals surface area contributed by atoms with Gasteiger partial charge >= 0.3 is 7.60 Å². The van der Waals surface area contributed by atoms with E-state index in [2.05, 4.69) is 5.32 Å². The molecular weight excluding hydrogens is 259 g/mol. The van der Waals surface area contributed by atoms with Crippen LogP contribution in [0.4, 0.5) is 5.69 Å². The molecule has 1 aromatic rings. The summed E-state index contributed by atoms with van der Waals surface area (Å²) in [6.07, 6.45) is 0. The van der Waals surface area contributed by atoms with Crippen molar-refractivity contribution < 1.29 is 23.6 Å². The molecule has 0 aromatic heterocycles. The monoisotopic (exact) mass is 272 g/mol. The molecule has 0 spiro atoms. The molecule has 1 heterocycles. The summed E-state index contributed by atoms with van der Waals surface area (Å²) in [7, 11) is -1.62. The highest BCUT2D eigenvalue weighted by Gasteiger charge is 2.62. The number of rotatable bonds is 4. The van der Waals surface area contributed by atoms with Crippen LogP contribution in [0.15, 0.2) is 24.3 Å². The molecule has 1 aromatic carbocycles. The third-order valence-corrected chi connectivity index (χ3v) is 5.27. The Kier molecular flexibility index (Phi) is 3.27. The predicted molar refractivity (Wildman–Crippen MR) is 63.3 cm³/mol. The number of anilines is 1. The molecule has 18 heavy (non-hydrogen) atoms. The molecule has 0 saturated heterocycles. The first-order valence-electron chi connectivity index (χ1n) is 5.09. The van der Waals surface area contributed by atoms with E-state index in [0.29, 0.717) is 11.3 Å². The van der Waals surface area contributed by atoms with E-state index in [1.807, 2.05) is 0 Å². The number of fused-ring (bicyclic) bond motifs is 1. The molecule has 7 nitrogen and oxygen atoms in total. The second kappa shape index (κ2) is 4.46. The van der Waals surface area contributed by atoms with Gasteiger partial charge in [-0.2, -0.15) is 5.48 Å². The lowest BCUT2D eigenvalue weighted by Gasteiger charge is -2.30. The van der Waals surface area contributed by atoms with Crippen molar-refractivity contribution in [3.05, 3.63) is 29.8 Å². The summed E-state index contributed by atoms with van der Waals surface area (Å²) < 4.78 is 22.2. The third kappa shape index (κ3) is 1.46. The Morgan fingerprint density at radius 1 is 1.33 bits per heavy atom. The molecule has 2 rings (SSSR count). The highest BCUT2D eigenvalue weighted by molar-refractivity contribution is 7.56. The van der Waals surface area contributed by atoms with Crippen LogP contribution in [-0.4, -0.2) is 25.3 Å². The Hall–Kier alpha value is -1.24. The summed E-state index contributed by atoms with van der Waals surface area (Å²) >= 11 is 0. The SMILES string of the molecule is COP(=O)(OC)C1(NO)C(=O)Nc2ccccc21. The van der Waals surface area contributed by atoms with Gasteiger partial charge in [-0.3, -0.25) is 9.36 Å². The largest absolute Gasteiger partial charge is 0.366 e. The van der Waals surface area contributed by atoms with Crippen LogP contribution in [-0.2, 0) is 23.7 Å². The second-order valence-electron chi connectivity index (χ2n) is 3.68. The quantitative estimate of drug-likeness (QED) is 0.564. The highest BCUT2D eigenvalue weighted by atomic mass is 31.2. The van der Waals surface area contributed by atoms with Gasteiger partial charge in [0.1, 0.15) is 0 Å². The highest BCUT2D eigenvalue weighted by Crippen LogP contribution is 2.65. The van der Waals surface area contributed by atoms with Crippen LogP contribution in [0.1, 0.15) is 5.56 Å². The zero-order valence-corrected chi connectivity index (χ0v) is 10.7. The molecule has 8 heteroatoms. The van der Waals surface area contributed by atoms with E-state index in [9.17, 15) is 14.6 Å². The van der Waals surface area contributed by atoms with E-state index in [0.717, 1.165) is 14.2 Å². The lowest BCUT2D eigenvalue weighted by atomic mass is 10.1. The number of benzene rings is 1. The zero-order chi connectivity index (χ0) is 13.4. The van der Waals surface area contributed by atoms with Gasteiger partial charge in [0.05, 0.1) is 0 Å². The van der Waals surface area contributed by atoms with E-state index in [1.165, 1.54) is 0 Å². The first-order valence-corrected chi connectivity index (χ1v) is 6.64. The molecule has 0 fully saturated rings. The molecule has 0 aliphatic carbocycles. The molecule has 1 unspecified atom stereocenters. The number of carbonyl (C=O) groups is 1. The summed E-state index contributed by atoms with van der Waals surface area (Å²) in [5, 5.41) is 9.96. The van der Waals surface area contributed by atoms with E-state index in [4.69, 9.17) is 9.05 Å². The average molecular weight is 272 g/mol. The van der Waals surface area contributed by atoms with Crippen molar-refractivity contribution in [2.75, 3.05) is 19.5 Å². The van der Waals surface area contributed by atoms with Crippen LogP contribution < -0.4 is 10.8 Å². The van der Waals surface area contributed by atoms with Gasteiger partial charge in [-0.05, 0) is 6.07 Å². The van der Waals surface area contributed by atoms with Crippen molar-refractivity contribution in [2.24, 2.45) is 0 Å². The van der Waals surface area contributed by atoms with Gasteiger partial charge in [0, 0.05) is 25.5 Å². The number of hydrogen-bond acceptors (Lipinski definition) is 6. The van der Waals surface area contributed by atoms with E-state index in [-0.39, 0.29) is 0 Å². The van der Waals surface area contributed by atoms with Crippen LogP contribution in [0.3, 0.4) is 0 Å². The lowest BCUT2D eigenvalue weighted by Crippen LogP contribution is -2.46. The Labute approximate surface area is 104 Å². The van der Waals surface area contributed by atoms with Crippen LogP contribution in [0.25, 0.3) is 0 Å². The summed E-state index contributed by atoms with van der Waals surface area (Å²) in [6, 6.07) is 6.54. The van der Waals surface area contributed by atoms with Crippen molar-refractivity contribution in [3.63, 3.8) is 0 Å². The minimum atomic E-state index is -3.92. The number of para-hydroxylation sites is 1. The Morgan fingerprint density at radius 3 is 2.50 bits per heavy atom. The smallest absolute Gasteiger partial charge is 0.323 e. The molecule has 1 atom stereocenters. The average Bonchev–Trinajstić information content (AvgIpc) is 2.70. The van der Waals surface area contributed by atoms with Gasteiger partial charge < -0.3 is 19.6 Å².